The van der Waals surface area contributed by atoms with E-state index in [9.17, 15) is 10.0 Å². The van der Waals surface area contributed by atoms with Crippen molar-refractivity contribution < 1.29 is 14.6 Å². The van der Waals surface area contributed by atoms with Crippen LogP contribution in [0.25, 0.3) is 0 Å². The summed E-state index contributed by atoms with van der Waals surface area (Å²) in [7, 11) is -0.338. The lowest BCUT2D eigenvalue weighted by Crippen LogP contribution is -2.98. The van der Waals surface area contributed by atoms with Gasteiger partial charge in [0.2, 0.25) is 14.3 Å². The fraction of sp³-hybridized carbons (Fsp3) is 0. The minimum atomic E-state index is -0.447. The van der Waals surface area contributed by atoms with Gasteiger partial charge in [-0.25, -0.2) is 0 Å². The van der Waals surface area contributed by atoms with Crippen LogP contribution < -0.4 is 5.00 Å². The molecule has 2 atom stereocenters. The van der Waals surface area contributed by atoms with Crippen molar-refractivity contribution in [3.63, 3.8) is 0 Å². The molecule has 0 aromatic rings. The van der Waals surface area contributed by atoms with E-state index in [0.29, 0.717) is 0 Å². The highest BCUT2D eigenvalue weighted by molar-refractivity contribution is 7.52. The first-order chi connectivity index (χ1) is 3.79. The van der Waals surface area contributed by atoms with E-state index in [1.807, 2.05) is 0 Å². The smallest absolute Gasteiger partial charge is 0.239 e. The van der Waals surface area contributed by atoms with E-state index in [4.69, 9.17) is 0 Å². The van der Waals surface area contributed by atoms with Crippen LogP contribution in [-0.4, -0.2) is 5.52 Å². The van der Waals surface area contributed by atoms with Gasteiger partial charge in [-0.3, -0.25) is 4.79 Å². The predicted molar refractivity (Wildman–Crippen MR) is 27.9 cm³/mol. The number of allylic oxidation sites excluding steroid dienone is 1. The summed E-state index contributed by atoms with van der Waals surface area (Å²) in [5.74, 6) is 0. The second-order valence-corrected chi connectivity index (χ2v) is 2.35. The SMILES string of the molecule is O=C1C=CO[NH+]([O-])P1. The van der Waals surface area contributed by atoms with Gasteiger partial charge in [-0.05, 0) is 0 Å². The lowest BCUT2D eigenvalue weighted by Gasteiger charge is -2.17. The molecule has 1 N–H and O–H groups in total. The van der Waals surface area contributed by atoms with Gasteiger partial charge < -0.3 is 10.0 Å². The molecule has 1 rings (SSSR count). The molecule has 2 unspecified atom stereocenters. The molecule has 0 radical (unpaired) electrons. The molecule has 0 saturated carbocycles. The molecule has 0 spiro atoms. The summed E-state index contributed by atoms with van der Waals surface area (Å²) in [6, 6.07) is 0. The van der Waals surface area contributed by atoms with E-state index >= 15 is 0 Å². The number of hydrogen-bond acceptors (Lipinski definition) is 3. The average Bonchev–Trinajstić information content (AvgIpc) is 1.64. The quantitative estimate of drug-likeness (QED) is 0.338. The number of quaternary nitrogens is 1. The summed E-state index contributed by atoms with van der Waals surface area (Å²) in [5.41, 5.74) is -0.166. The Hall–Kier alpha value is -0.440. The maximum absolute atomic E-state index is 10.3. The molecule has 4 nitrogen and oxygen atoms in total. The molecule has 0 amide bonds. The highest BCUT2D eigenvalue weighted by atomic mass is 31.1. The molecule has 0 aromatic carbocycles. The number of rotatable bonds is 0. The molecule has 8 heavy (non-hydrogen) atoms. The van der Waals surface area contributed by atoms with E-state index in [-0.39, 0.29) is 14.3 Å². The normalized spacial score (nSPS) is 30.6. The third-order valence-corrected chi connectivity index (χ3v) is 1.35. The summed E-state index contributed by atoms with van der Waals surface area (Å²) >= 11 is 0. The van der Waals surface area contributed by atoms with Gasteiger partial charge in [-0.15, -0.1) is 0 Å². The zero-order valence-electron chi connectivity index (χ0n) is 3.88. The number of nitrogens with one attached hydrogen (secondary N) is 1. The molecule has 1 heterocycles. The second-order valence-electron chi connectivity index (χ2n) is 1.20. The van der Waals surface area contributed by atoms with Crippen molar-refractivity contribution in [1.82, 2.24) is 0 Å². The molecule has 0 aromatic heterocycles. The number of hydrogen-bond donors (Lipinski definition) is 1. The Balaban J connectivity index is 2.54. The monoisotopic (exact) mass is 133 g/mol. The Morgan fingerprint density at radius 3 is 3.00 bits per heavy atom. The van der Waals surface area contributed by atoms with E-state index in [0.717, 1.165) is 6.26 Å². The van der Waals surface area contributed by atoms with Crippen LogP contribution in [0, 0.1) is 5.21 Å². The fourth-order valence-electron chi connectivity index (χ4n) is 0.329. The molecule has 0 saturated heterocycles. The molecule has 1 aliphatic heterocycles. The van der Waals surface area contributed by atoms with Gasteiger partial charge >= 0.3 is 0 Å². The van der Waals surface area contributed by atoms with Crippen molar-refractivity contribution in [3.8, 4) is 0 Å². The van der Waals surface area contributed by atoms with E-state index in [2.05, 4.69) is 4.84 Å². The highest BCUT2D eigenvalue weighted by Crippen LogP contribution is 2.03. The van der Waals surface area contributed by atoms with Crippen molar-refractivity contribution >= 4 is 14.3 Å². The molecule has 5 heteroatoms. The Bertz CT molecular complexity index is 134. The number of carbonyl (C=O) groups excluding carboxylic acids is 1. The third kappa shape index (κ3) is 1.26. The van der Waals surface area contributed by atoms with Crippen molar-refractivity contribution in [1.29, 1.82) is 0 Å². The van der Waals surface area contributed by atoms with Crippen molar-refractivity contribution in [2.45, 2.75) is 0 Å². The lowest BCUT2D eigenvalue weighted by molar-refractivity contribution is -0.926. The minimum absolute atomic E-state index is 0.166. The van der Waals surface area contributed by atoms with Crippen LogP contribution in [0.5, 0.6) is 0 Å². The Kier molecular flexibility index (Phi) is 1.58. The summed E-state index contributed by atoms with van der Waals surface area (Å²) in [6.07, 6.45) is 2.36. The van der Waals surface area contributed by atoms with Crippen LogP contribution in [0.4, 0.5) is 0 Å². The lowest BCUT2D eigenvalue weighted by atomic mass is 10.7. The van der Waals surface area contributed by atoms with Crippen LogP contribution in [0.3, 0.4) is 0 Å². The van der Waals surface area contributed by atoms with Crippen molar-refractivity contribution in [2.75, 3.05) is 0 Å². The van der Waals surface area contributed by atoms with Crippen LogP contribution in [-0.2, 0) is 9.63 Å². The zero-order valence-corrected chi connectivity index (χ0v) is 4.88. The van der Waals surface area contributed by atoms with Gasteiger partial charge in [-0.2, -0.15) is 5.00 Å². The Labute approximate surface area is 47.5 Å². The standard InChI is InChI=1S/C3H4NO3P/c5-3-1-2-7-4(6)8-3/h1-2,4,8H. The van der Waals surface area contributed by atoms with Crippen LogP contribution in [0.15, 0.2) is 12.3 Å². The maximum atomic E-state index is 10.3. The van der Waals surface area contributed by atoms with Crippen molar-refractivity contribution in [2.24, 2.45) is 0 Å². The Morgan fingerprint density at radius 1 is 1.88 bits per heavy atom. The van der Waals surface area contributed by atoms with Gasteiger partial charge in [0.05, 0.1) is 0 Å². The molecule has 0 fully saturated rings. The van der Waals surface area contributed by atoms with Gasteiger partial charge in [-0.1, -0.05) is 0 Å². The highest BCUT2D eigenvalue weighted by Gasteiger charge is 2.09. The first-order valence-electron chi connectivity index (χ1n) is 1.97. The molecular weight excluding hydrogens is 129 g/mol. The van der Waals surface area contributed by atoms with Gasteiger partial charge in [0, 0.05) is 6.08 Å². The summed E-state index contributed by atoms with van der Waals surface area (Å²) in [5, 5.41) is 10.2. The predicted octanol–water partition coefficient (Wildman–Crippen LogP) is -1.05. The number of carbonyl (C=O) groups is 1. The first kappa shape index (κ1) is 5.69. The van der Waals surface area contributed by atoms with Crippen LogP contribution in [0.1, 0.15) is 0 Å². The third-order valence-electron chi connectivity index (χ3n) is 0.620. The zero-order chi connectivity index (χ0) is 5.98. The van der Waals surface area contributed by atoms with Crippen LogP contribution in [0.2, 0.25) is 0 Å². The van der Waals surface area contributed by atoms with Gasteiger partial charge in [0.15, 0.2) is 6.26 Å². The summed E-state index contributed by atoms with van der Waals surface area (Å²) in [4.78, 5) is 14.2. The fourth-order valence-corrected chi connectivity index (χ4v) is 0.809. The van der Waals surface area contributed by atoms with E-state index < -0.39 is 5.00 Å². The second kappa shape index (κ2) is 2.22. The van der Waals surface area contributed by atoms with Crippen LogP contribution >= 0.6 is 8.73 Å². The van der Waals surface area contributed by atoms with Crippen molar-refractivity contribution in [3.05, 3.63) is 17.5 Å². The minimum Gasteiger partial charge on any atom is -0.590 e. The van der Waals surface area contributed by atoms with Gasteiger partial charge in [0.25, 0.3) is 0 Å². The molecular formula is C3H4NO3P. The topological polar surface area (TPSA) is 53.8 Å². The summed E-state index contributed by atoms with van der Waals surface area (Å²) in [6.45, 7) is 0. The molecule has 0 bridgehead atoms. The molecule has 0 aliphatic carbocycles. The summed E-state index contributed by atoms with van der Waals surface area (Å²) < 4.78 is 0. The average molecular weight is 133 g/mol. The van der Waals surface area contributed by atoms with E-state index in [1.165, 1.54) is 6.08 Å². The molecule has 1 aliphatic rings. The van der Waals surface area contributed by atoms with Gasteiger partial charge in [0.1, 0.15) is 0 Å². The first-order valence-corrected chi connectivity index (χ1v) is 2.97. The van der Waals surface area contributed by atoms with E-state index in [1.54, 1.807) is 0 Å². The molecule has 44 valence electrons. The largest absolute Gasteiger partial charge is 0.590 e. The Morgan fingerprint density at radius 2 is 2.62 bits per heavy atom. The maximum Gasteiger partial charge on any atom is 0.239 e.